The molecular weight excluding hydrogens is 226 g/mol. The minimum atomic E-state index is -0.542. The average Bonchev–Trinajstić information content (AvgIpc) is 2.36. The lowest BCUT2D eigenvalue weighted by molar-refractivity contribution is 0.0944. The molecular formula is C14H19N3O. The first kappa shape index (κ1) is 14.0. The van der Waals surface area contributed by atoms with Crippen LogP contribution in [0.1, 0.15) is 24.2 Å². The first-order valence-corrected chi connectivity index (χ1v) is 5.82. The number of anilines is 1. The molecule has 1 aromatic carbocycles. The van der Waals surface area contributed by atoms with E-state index in [4.69, 9.17) is 5.26 Å². The van der Waals surface area contributed by atoms with Crippen LogP contribution in [0.5, 0.6) is 0 Å². The SMILES string of the molecule is CN(C)c1ccc(C(=O)NCC(C)(C)C#N)cc1. The summed E-state index contributed by atoms with van der Waals surface area (Å²) in [5, 5.41) is 11.6. The van der Waals surface area contributed by atoms with Crippen molar-refractivity contribution in [3.8, 4) is 6.07 Å². The topological polar surface area (TPSA) is 56.1 Å². The van der Waals surface area contributed by atoms with Crippen molar-refractivity contribution >= 4 is 11.6 Å². The van der Waals surface area contributed by atoms with Gasteiger partial charge in [-0.05, 0) is 38.1 Å². The number of amides is 1. The van der Waals surface area contributed by atoms with E-state index in [0.29, 0.717) is 12.1 Å². The first-order valence-electron chi connectivity index (χ1n) is 5.82. The fourth-order valence-electron chi connectivity index (χ4n) is 1.35. The van der Waals surface area contributed by atoms with Crippen molar-refractivity contribution in [1.29, 1.82) is 5.26 Å². The lowest BCUT2D eigenvalue weighted by Gasteiger charge is -2.16. The molecule has 0 spiro atoms. The van der Waals surface area contributed by atoms with E-state index >= 15 is 0 Å². The van der Waals surface area contributed by atoms with Crippen molar-refractivity contribution in [1.82, 2.24) is 5.32 Å². The molecule has 1 amide bonds. The quantitative estimate of drug-likeness (QED) is 0.883. The Morgan fingerprint density at radius 2 is 1.89 bits per heavy atom. The summed E-state index contributed by atoms with van der Waals surface area (Å²) in [7, 11) is 3.90. The standard InChI is InChI=1S/C14H19N3O/c1-14(2,9-15)10-16-13(18)11-5-7-12(8-6-11)17(3)4/h5-8H,10H2,1-4H3,(H,16,18). The van der Waals surface area contributed by atoms with Crippen LogP contribution >= 0.6 is 0 Å². The van der Waals surface area contributed by atoms with Crippen molar-refractivity contribution < 1.29 is 4.79 Å². The number of carbonyl (C=O) groups excluding carboxylic acids is 1. The Labute approximate surface area is 108 Å². The summed E-state index contributed by atoms with van der Waals surface area (Å²) in [5.41, 5.74) is 1.11. The van der Waals surface area contributed by atoms with E-state index in [2.05, 4.69) is 11.4 Å². The number of nitrogens with zero attached hydrogens (tertiary/aromatic N) is 2. The molecule has 4 heteroatoms. The van der Waals surface area contributed by atoms with Crippen LogP contribution in [-0.4, -0.2) is 26.5 Å². The third-order valence-electron chi connectivity index (χ3n) is 2.64. The number of benzene rings is 1. The number of hydrogen-bond donors (Lipinski definition) is 1. The molecule has 0 aromatic heterocycles. The maximum absolute atomic E-state index is 11.9. The van der Waals surface area contributed by atoms with Gasteiger partial charge in [0, 0.05) is 31.9 Å². The molecule has 0 saturated carbocycles. The molecule has 0 unspecified atom stereocenters. The lowest BCUT2D eigenvalue weighted by atomic mass is 9.96. The monoisotopic (exact) mass is 245 g/mol. The maximum Gasteiger partial charge on any atom is 0.251 e. The zero-order chi connectivity index (χ0) is 13.8. The van der Waals surface area contributed by atoms with Crippen LogP contribution in [-0.2, 0) is 0 Å². The van der Waals surface area contributed by atoms with Crippen molar-refractivity contribution in [2.24, 2.45) is 5.41 Å². The van der Waals surface area contributed by atoms with Gasteiger partial charge in [0.25, 0.3) is 5.91 Å². The van der Waals surface area contributed by atoms with Crippen LogP contribution in [0.4, 0.5) is 5.69 Å². The second-order valence-electron chi connectivity index (χ2n) is 5.12. The van der Waals surface area contributed by atoms with E-state index in [1.165, 1.54) is 0 Å². The molecule has 1 N–H and O–H groups in total. The van der Waals surface area contributed by atoms with Crippen molar-refractivity contribution in [2.75, 3.05) is 25.5 Å². The number of hydrogen-bond acceptors (Lipinski definition) is 3. The second-order valence-corrected chi connectivity index (χ2v) is 5.12. The molecule has 96 valence electrons. The average molecular weight is 245 g/mol. The molecule has 0 aliphatic heterocycles. The van der Waals surface area contributed by atoms with Gasteiger partial charge in [0.15, 0.2) is 0 Å². The van der Waals surface area contributed by atoms with E-state index in [0.717, 1.165) is 5.69 Å². The first-order chi connectivity index (χ1) is 8.35. The maximum atomic E-state index is 11.9. The molecule has 1 rings (SSSR count). The van der Waals surface area contributed by atoms with Gasteiger partial charge >= 0.3 is 0 Å². The predicted octanol–water partition coefficient (Wildman–Crippen LogP) is 2.03. The molecule has 0 atom stereocenters. The highest BCUT2D eigenvalue weighted by Crippen LogP contribution is 2.13. The molecule has 4 nitrogen and oxygen atoms in total. The molecule has 0 fully saturated rings. The van der Waals surface area contributed by atoms with Crippen LogP contribution in [0.2, 0.25) is 0 Å². The van der Waals surface area contributed by atoms with E-state index < -0.39 is 5.41 Å². The molecule has 0 radical (unpaired) electrons. The van der Waals surface area contributed by atoms with Gasteiger partial charge in [-0.3, -0.25) is 4.79 Å². The number of carbonyl (C=O) groups is 1. The largest absolute Gasteiger partial charge is 0.378 e. The van der Waals surface area contributed by atoms with Gasteiger partial charge in [0.2, 0.25) is 0 Å². The van der Waals surface area contributed by atoms with E-state index in [1.807, 2.05) is 31.1 Å². The van der Waals surface area contributed by atoms with Crippen molar-refractivity contribution in [3.63, 3.8) is 0 Å². The number of nitrogens with one attached hydrogen (secondary N) is 1. The summed E-state index contributed by atoms with van der Waals surface area (Å²) in [5.74, 6) is -0.149. The molecule has 0 heterocycles. The van der Waals surface area contributed by atoms with Crippen molar-refractivity contribution in [3.05, 3.63) is 29.8 Å². The third kappa shape index (κ3) is 3.77. The van der Waals surface area contributed by atoms with Crippen molar-refractivity contribution in [2.45, 2.75) is 13.8 Å². The van der Waals surface area contributed by atoms with Crippen LogP contribution in [0.15, 0.2) is 24.3 Å². The molecule has 0 aliphatic carbocycles. The Balaban J connectivity index is 2.66. The van der Waals surface area contributed by atoms with E-state index in [1.54, 1.807) is 26.0 Å². The Morgan fingerprint density at radius 3 is 2.33 bits per heavy atom. The second kappa shape index (κ2) is 5.54. The minimum Gasteiger partial charge on any atom is -0.378 e. The zero-order valence-corrected chi connectivity index (χ0v) is 11.3. The van der Waals surface area contributed by atoms with Crippen LogP contribution < -0.4 is 10.2 Å². The zero-order valence-electron chi connectivity index (χ0n) is 11.3. The third-order valence-corrected chi connectivity index (χ3v) is 2.64. The summed E-state index contributed by atoms with van der Waals surface area (Å²) in [6.07, 6.45) is 0. The van der Waals surface area contributed by atoms with Gasteiger partial charge in [-0.15, -0.1) is 0 Å². The Morgan fingerprint density at radius 1 is 1.33 bits per heavy atom. The summed E-state index contributed by atoms with van der Waals surface area (Å²) >= 11 is 0. The fraction of sp³-hybridized carbons (Fsp3) is 0.429. The van der Waals surface area contributed by atoms with Gasteiger partial charge in [-0.25, -0.2) is 0 Å². The summed E-state index contributed by atoms with van der Waals surface area (Å²) in [6.45, 7) is 3.93. The molecule has 0 aliphatic rings. The van der Waals surface area contributed by atoms with Gasteiger partial charge in [-0.1, -0.05) is 0 Å². The minimum absolute atomic E-state index is 0.149. The van der Waals surface area contributed by atoms with Gasteiger partial charge in [0.05, 0.1) is 11.5 Å². The van der Waals surface area contributed by atoms with Gasteiger partial charge in [0.1, 0.15) is 0 Å². The smallest absolute Gasteiger partial charge is 0.251 e. The van der Waals surface area contributed by atoms with Crippen LogP contribution in [0.3, 0.4) is 0 Å². The molecule has 0 saturated heterocycles. The Kier molecular flexibility index (Phi) is 4.33. The highest BCUT2D eigenvalue weighted by Gasteiger charge is 2.18. The summed E-state index contributed by atoms with van der Waals surface area (Å²) in [4.78, 5) is 13.8. The van der Waals surface area contributed by atoms with Gasteiger partial charge < -0.3 is 10.2 Å². The van der Waals surface area contributed by atoms with Crippen LogP contribution in [0.25, 0.3) is 0 Å². The van der Waals surface area contributed by atoms with E-state index in [9.17, 15) is 4.79 Å². The van der Waals surface area contributed by atoms with Gasteiger partial charge in [-0.2, -0.15) is 5.26 Å². The summed E-state index contributed by atoms with van der Waals surface area (Å²) in [6, 6.07) is 9.50. The number of rotatable bonds is 4. The highest BCUT2D eigenvalue weighted by molar-refractivity contribution is 5.94. The fourth-order valence-corrected chi connectivity index (χ4v) is 1.35. The highest BCUT2D eigenvalue weighted by atomic mass is 16.1. The van der Waals surface area contributed by atoms with E-state index in [-0.39, 0.29) is 5.91 Å². The molecule has 1 aromatic rings. The molecule has 18 heavy (non-hydrogen) atoms. The lowest BCUT2D eigenvalue weighted by Crippen LogP contribution is -2.33. The Bertz CT molecular complexity index is 455. The predicted molar refractivity (Wildman–Crippen MR) is 72.5 cm³/mol. The Hall–Kier alpha value is -2.02. The molecule has 0 bridgehead atoms. The number of nitriles is 1. The van der Waals surface area contributed by atoms with Crippen LogP contribution in [0, 0.1) is 16.7 Å². The summed E-state index contributed by atoms with van der Waals surface area (Å²) < 4.78 is 0. The normalized spacial score (nSPS) is 10.6.